The molecule has 6 heteroatoms. The van der Waals surface area contributed by atoms with E-state index in [9.17, 15) is 4.79 Å². The van der Waals surface area contributed by atoms with Gasteiger partial charge in [0.1, 0.15) is 11.8 Å². The molecule has 6 rings (SSSR count). The van der Waals surface area contributed by atoms with Gasteiger partial charge in [-0.25, -0.2) is 4.79 Å². The third-order valence-corrected chi connectivity index (χ3v) is 5.98. The molecule has 32 heavy (non-hydrogen) atoms. The van der Waals surface area contributed by atoms with Crippen LogP contribution in [0.15, 0.2) is 79.1 Å². The van der Waals surface area contributed by atoms with E-state index in [0.29, 0.717) is 12.8 Å². The normalized spacial score (nSPS) is 15.8. The van der Waals surface area contributed by atoms with Crippen LogP contribution in [-0.2, 0) is 17.6 Å². The predicted molar refractivity (Wildman–Crippen MR) is 125 cm³/mol. The smallest absolute Gasteiger partial charge is 0.411 e. The minimum absolute atomic E-state index is 0.258. The largest absolute Gasteiger partial charge is 0.445 e. The molecule has 2 aromatic heterocycles. The van der Waals surface area contributed by atoms with E-state index in [-0.39, 0.29) is 6.10 Å². The number of pyridine rings is 1. The molecule has 6 nitrogen and oxygen atoms in total. The fraction of sp³-hybridized carbons (Fsp3) is 0.115. The van der Waals surface area contributed by atoms with Crippen molar-refractivity contribution in [3.05, 3.63) is 90.3 Å². The molecule has 156 valence electrons. The van der Waals surface area contributed by atoms with Crippen LogP contribution in [0.5, 0.6) is 0 Å². The molecule has 1 unspecified atom stereocenters. The molecule has 1 amide bonds. The quantitative estimate of drug-likeness (QED) is 0.404. The van der Waals surface area contributed by atoms with Gasteiger partial charge in [0, 0.05) is 41.9 Å². The van der Waals surface area contributed by atoms with Crippen molar-refractivity contribution >= 4 is 33.5 Å². The summed E-state index contributed by atoms with van der Waals surface area (Å²) < 4.78 is 5.74. The number of cyclic esters (lactones) is 1. The summed E-state index contributed by atoms with van der Waals surface area (Å²) in [6.45, 7) is 0. The van der Waals surface area contributed by atoms with Crippen LogP contribution < -0.4 is 5.32 Å². The van der Waals surface area contributed by atoms with E-state index in [2.05, 4.69) is 56.9 Å². The first-order valence-electron chi connectivity index (χ1n) is 10.6. The zero-order valence-electron chi connectivity index (χ0n) is 17.2. The lowest BCUT2D eigenvalue weighted by atomic mass is 9.97. The van der Waals surface area contributed by atoms with Crippen LogP contribution in [-0.4, -0.2) is 27.4 Å². The lowest BCUT2D eigenvalue weighted by Gasteiger charge is -2.15. The van der Waals surface area contributed by atoms with Gasteiger partial charge in [-0.15, -0.1) is 0 Å². The predicted octanol–water partition coefficient (Wildman–Crippen LogP) is 5.49. The molecule has 0 bridgehead atoms. The van der Waals surface area contributed by atoms with Crippen LogP contribution >= 0.6 is 0 Å². The van der Waals surface area contributed by atoms with Gasteiger partial charge in [0.2, 0.25) is 0 Å². The van der Waals surface area contributed by atoms with Crippen LogP contribution in [0.4, 0.5) is 10.5 Å². The molecular weight excluding hydrogens is 400 g/mol. The number of benzene rings is 3. The molecule has 0 radical (unpaired) electrons. The zero-order valence-corrected chi connectivity index (χ0v) is 17.2. The Hall–Kier alpha value is -4.19. The van der Waals surface area contributed by atoms with Crippen molar-refractivity contribution in [3.8, 4) is 11.3 Å². The lowest BCUT2D eigenvalue weighted by molar-refractivity contribution is 0.113. The van der Waals surface area contributed by atoms with Gasteiger partial charge in [-0.2, -0.15) is 5.10 Å². The van der Waals surface area contributed by atoms with E-state index in [1.165, 1.54) is 10.8 Å². The highest BCUT2D eigenvalue weighted by molar-refractivity contribution is 5.98. The Balaban J connectivity index is 1.36. The van der Waals surface area contributed by atoms with E-state index in [4.69, 9.17) is 4.74 Å². The summed E-state index contributed by atoms with van der Waals surface area (Å²) >= 11 is 0. The Morgan fingerprint density at radius 2 is 1.81 bits per heavy atom. The highest BCUT2D eigenvalue weighted by Crippen LogP contribution is 2.33. The van der Waals surface area contributed by atoms with Gasteiger partial charge in [0.25, 0.3) is 0 Å². The first kappa shape index (κ1) is 18.6. The van der Waals surface area contributed by atoms with Crippen molar-refractivity contribution in [2.75, 3.05) is 5.32 Å². The van der Waals surface area contributed by atoms with E-state index in [1.807, 2.05) is 30.3 Å². The van der Waals surface area contributed by atoms with E-state index >= 15 is 0 Å². The third kappa shape index (κ3) is 3.36. The summed E-state index contributed by atoms with van der Waals surface area (Å²) in [4.78, 5) is 16.5. The molecule has 0 saturated heterocycles. The van der Waals surface area contributed by atoms with Crippen molar-refractivity contribution < 1.29 is 9.53 Å². The number of amides is 1. The van der Waals surface area contributed by atoms with Gasteiger partial charge in [-0.05, 0) is 46.2 Å². The first-order chi connectivity index (χ1) is 15.7. The van der Waals surface area contributed by atoms with E-state index < -0.39 is 6.09 Å². The van der Waals surface area contributed by atoms with Gasteiger partial charge in [-0.1, -0.05) is 42.5 Å². The van der Waals surface area contributed by atoms with Gasteiger partial charge in [0.05, 0.1) is 5.52 Å². The summed E-state index contributed by atoms with van der Waals surface area (Å²) in [6, 6.07) is 22.6. The topological polar surface area (TPSA) is 79.9 Å². The Morgan fingerprint density at radius 1 is 0.969 bits per heavy atom. The maximum absolute atomic E-state index is 12.5. The van der Waals surface area contributed by atoms with Gasteiger partial charge >= 0.3 is 6.09 Å². The number of rotatable bonds is 3. The number of hydrogen-bond donors (Lipinski definition) is 2. The molecule has 2 N–H and O–H groups in total. The SMILES string of the molecule is O=C1Nc2cc3[nH]nc(-c4ccncc4)c3cc2CC(Cc2ccc3ccccc3c2)O1. The molecule has 0 aliphatic carbocycles. The van der Waals surface area contributed by atoms with Crippen LogP contribution in [0, 0.1) is 0 Å². The van der Waals surface area contributed by atoms with Crippen LogP contribution in [0.2, 0.25) is 0 Å². The Labute approximate surface area is 184 Å². The van der Waals surface area contributed by atoms with Gasteiger partial charge < -0.3 is 4.74 Å². The molecule has 3 aromatic carbocycles. The van der Waals surface area contributed by atoms with Crippen molar-refractivity contribution in [2.24, 2.45) is 0 Å². The van der Waals surface area contributed by atoms with E-state index in [1.54, 1.807) is 12.4 Å². The molecule has 1 aliphatic heterocycles. The number of fused-ring (bicyclic) bond motifs is 3. The van der Waals surface area contributed by atoms with Crippen molar-refractivity contribution in [1.82, 2.24) is 15.2 Å². The summed E-state index contributed by atoms with van der Waals surface area (Å²) in [5, 5.41) is 13.9. The number of anilines is 1. The Morgan fingerprint density at radius 3 is 2.69 bits per heavy atom. The molecule has 0 spiro atoms. The van der Waals surface area contributed by atoms with Crippen LogP contribution in [0.25, 0.3) is 32.9 Å². The van der Waals surface area contributed by atoms with Crippen LogP contribution in [0.1, 0.15) is 11.1 Å². The molecule has 1 aliphatic rings. The first-order valence-corrected chi connectivity index (χ1v) is 10.6. The van der Waals surface area contributed by atoms with E-state index in [0.717, 1.165) is 39.0 Å². The van der Waals surface area contributed by atoms with Crippen molar-refractivity contribution in [1.29, 1.82) is 0 Å². The molecular formula is C26H20N4O2. The standard InChI is InChI=1S/C26H20N4O2/c31-26-28-23-15-24-22(25(30-29-24)18-7-9-27-10-8-18)14-20(23)13-21(32-26)12-16-5-6-17-3-1-2-4-19(17)11-16/h1-11,14-15,21H,12-13H2,(H,28,31)(H,29,30). The number of hydrogen-bond acceptors (Lipinski definition) is 4. The highest BCUT2D eigenvalue weighted by Gasteiger charge is 2.24. The number of ether oxygens (including phenoxy) is 1. The Kier molecular flexibility index (Phi) is 4.35. The summed E-state index contributed by atoms with van der Waals surface area (Å²) in [7, 11) is 0. The minimum Gasteiger partial charge on any atom is -0.445 e. The number of carbonyl (C=O) groups excluding carboxylic acids is 1. The Bertz CT molecular complexity index is 1460. The summed E-state index contributed by atoms with van der Waals surface area (Å²) in [6.07, 6.45) is 4.10. The lowest BCUT2D eigenvalue weighted by Crippen LogP contribution is -2.22. The molecule has 1 atom stereocenters. The third-order valence-electron chi connectivity index (χ3n) is 5.98. The second-order valence-electron chi connectivity index (χ2n) is 8.11. The van der Waals surface area contributed by atoms with Crippen molar-refractivity contribution in [2.45, 2.75) is 18.9 Å². The maximum Gasteiger partial charge on any atom is 0.411 e. The number of nitrogens with zero attached hydrogens (tertiary/aromatic N) is 2. The molecule has 5 aromatic rings. The molecule has 3 heterocycles. The fourth-order valence-corrected chi connectivity index (χ4v) is 4.44. The van der Waals surface area contributed by atoms with Crippen LogP contribution in [0.3, 0.4) is 0 Å². The summed E-state index contributed by atoms with van der Waals surface area (Å²) in [5.41, 5.74) is 5.66. The number of aromatic amines is 1. The second kappa shape index (κ2) is 7.50. The fourth-order valence-electron chi connectivity index (χ4n) is 4.44. The number of aromatic nitrogens is 3. The monoisotopic (exact) mass is 420 g/mol. The molecule has 0 saturated carbocycles. The zero-order chi connectivity index (χ0) is 21.5. The van der Waals surface area contributed by atoms with Gasteiger partial charge in [-0.3, -0.25) is 15.4 Å². The maximum atomic E-state index is 12.5. The number of carbonyl (C=O) groups is 1. The average Bonchev–Trinajstić information content (AvgIpc) is 3.15. The van der Waals surface area contributed by atoms with Gasteiger partial charge in [0.15, 0.2) is 0 Å². The average molecular weight is 420 g/mol. The number of nitrogens with one attached hydrogen (secondary N) is 2. The number of H-pyrrole nitrogens is 1. The highest BCUT2D eigenvalue weighted by atomic mass is 16.6. The molecule has 0 fully saturated rings. The minimum atomic E-state index is -0.428. The second-order valence-corrected chi connectivity index (χ2v) is 8.11. The summed E-state index contributed by atoms with van der Waals surface area (Å²) in [5.74, 6) is 0. The van der Waals surface area contributed by atoms with Crippen molar-refractivity contribution in [3.63, 3.8) is 0 Å².